The molecule has 0 saturated carbocycles. The number of hydrogen-bond acceptors (Lipinski definition) is 3. The number of carbonyl (C=O) groups excluding carboxylic acids is 1. The molecule has 2 aliphatic rings. The van der Waals surface area contributed by atoms with Crippen molar-refractivity contribution < 1.29 is 13.2 Å². The largest absolute Gasteiger partial charge is 0.309 e. The van der Waals surface area contributed by atoms with Gasteiger partial charge in [-0.05, 0) is 56.4 Å². The van der Waals surface area contributed by atoms with Gasteiger partial charge in [-0.15, -0.1) is 0 Å². The van der Waals surface area contributed by atoms with Crippen LogP contribution < -0.4 is 4.90 Å². The number of anilines is 1. The molecule has 25 heavy (non-hydrogen) atoms. The van der Waals surface area contributed by atoms with Gasteiger partial charge in [0.05, 0.1) is 4.90 Å². The highest BCUT2D eigenvalue weighted by Crippen LogP contribution is 2.31. The molecule has 0 bridgehead atoms. The first-order chi connectivity index (χ1) is 12.0. The maximum absolute atomic E-state index is 12.7. The molecule has 1 aromatic rings. The summed E-state index contributed by atoms with van der Waals surface area (Å²) >= 11 is 0. The van der Waals surface area contributed by atoms with E-state index in [4.69, 9.17) is 0 Å². The Labute approximate surface area is 149 Å². The summed E-state index contributed by atoms with van der Waals surface area (Å²) in [5.41, 5.74) is 1.75. The first-order valence-electron chi connectivity index (χ1n) is 8.78. The Kier molecular flexibility index (Phi) is 5.39. The van der Waals surface area contributed by atoms with E-state index >= 15 is 0 Å². The van der Waals surface area contributed by atoms with Crippen LogP contribution in [0.1, 0.15) is 31.7 Å². The highest BCUT2D eigenvalue weighted by atomic mass is 32.2. The van der Waals surface area contributed by atoms with E-state index in [2.05, 4.69) is 0 Å². The first kappa shape index (κ1) is 17.9. The number of aryl methyl sites for hydroxylation is 1. The molecule has 6 heteroatoms. The molecule has 1 amide bonds. The van der Waals surface area contributed by atoms with Crippen molar-refractivity contribution in [1.82, 2.24) is 4.31 Å². The third-order valence-electron chi connectivity index (χ3n) is 4.68. The fourth-order valence-electron chi connectivity index (χ4n) is 3.38. The van der Waals surface area contributed by atoms with Crippen LogP contribution in [0.15, 0.2) is 47.4 Å². The van der Waals surface area contributed by atoms with Gasteiger partial charge in [-0.1, -0.05) is 18.2 Å². The zero-order chi connectivity index (χ0) is 17.9. The third kappa shape index (κ3) is 3.70. The smallest absolute Gasteiger partial charge is 0.250 e. The molecule has 2 aliphatic heterocycles. The van der Waals surface area contributed by atoms with Gasteiger partial charge in [0, 0.05) is 31.4 Å². The van der Waals surface area contributed by atoms with Crippen molar-refractivity contribution in [1.29, 1.82) is 0 Å². The lowest BCUT2D eigenvalue weighted by molar-refractivity contribution is -0.114. The van der Waals surface area contributed by atoms with Crippen molar-refractivity contribution in [2.75, 3.05) is 24.5 Å². The monoisotopic (exact) mass is 360 g/mol. The quantitative estimate of drug-likeness (QED) is 0.613. The van der Waals surface area contributed by atoms with Gasteiger partial charge in [-0.2, -0.15) is 4.31 Å². The van der Waals surface area contributed by atoms with Crippen LogP contribution in [0.2, 0.25) is 0 Å². The van der Waals surface area contributed by atoms with E-state index in [1.165, 1.54) is 0 Å². The van der Waals surface area contributed by atoms with Crippen LogP contribution in [0.3, 0.4) is 0 Å². The Bertz CT molecular complexity index is 806. The van der Waals surface area contributed by atoms with Crippen molar-refractivity contribution in [2.24, 2.45) is 0 Å². The topological polar surface area (TPSA) is 57.7 Å². The zero-order valence-electron chi connectivity index (χ0n) is 14.5. The molecule has 1 saturated heterocycles. The number of carbonyl (C=O) groups is 1. The molecule has 2 heterocycles. The number of fused-ring (bicyclic) bond motifs is 1. The number of nitrogens with zero attached hydrogens (tertiary/aromatic N) is 2. The second-order valence-corrected chi connectivity index (χ2v) is 8.32. The molecule has 0 N–H and O–H groups in total. The fourth-order valence-corrected chi connectivity index (χ4v) is 4.95. The molecule has 5 nitrogen and oxygen atoms in total. The highest BCUT2D eigenvalue weighted by molar-refractivity contribution is 7.89. The van der Waals surface area contributed by atoms with Crippen LogP contribution in [-0.2, 0) is 21.2 Å². The minimum absolute atomic E-state index is 0.0748. The summed E-state index contributed by atoms with van der Waals surface area (Å²) in [5.74, 6) is -0.0748. The summed E-state index contributed by atoms with van der Waals surface area (Å²) in [6.45, 7) is 3.75. The lowest BCUT2D eigenvalue weighted by atomic mass is 10.0. The Morgan fingerprint density at radius 2 is 1.84 bits per heavy atom. The van der Waals surface area contributed by atoms with Gasteiger partial charge in [0.2, 0.25) is 10.0 Å². The number of rotatable bonds is 4. The van der Waals surface area contributed by atoms with E-state index in [1.54, 1.807) is 39.6 Å². The standard InChI is InChI=1S/C19H24N2O3S/c1-2-3-4-9-19(22)21-14-7-8-16-15-17(10-11-18(16)21)25(23,24)20-12-5-6-13-20/h2-4,9-11,15H,5-8,12-14H2,1H3/b3-2+,9-4+. The van der Waals surface area contributed by atoms with Crippen LogP contribution in [0.5, 0.6) is 0 Å². The predicted octanol–water partition coefficient (Wildman–Crippen LogP) is 2.88. The summed E-state index contributed by atoms with van der Waals surface area (Å²) < 4.78 is 27.0. The maximum Gasteiger partial charge on any atom is 0.250 e. The second kappa shape index (κ2) is 7.54. The first-order valence-corrected chi connectivity index (χ1v) is 10.2. The number of sulfonamides is 1. The number of allylic oxidation sites excluding steroid dienone is 3. The lowest BCUT2D eigenvalue weighted by Crippen LogP contribution is -2.34. The van der Waals surface area contributed by atoms with Gasteiger partial charge < -0.3 is 4.90 Å². The van der Waals surface area contributed by atoms with E-state index in [1.807, 2.05) is 19.1 Å². The van der Waals surface area contributed by atoms with E-state index in [0.717, 1.165) is 36.9 Å². The second-order valence-electron chi connectivity index (χ2n) is 6.38. The van der Waals surface area contributed by atoms with Crippen molar-refractivity contribution in [2.45, 2.75) is 37.5 Å². The molecule has 0 atom stereocenters. The van der Waals surface area contributed by atoms with E-state index < -0.39 is 10.0 Å². The number of benzene rings is 1. The van der Waals surface area contributed by atoms with Crippen molar-refractivity contribution in [3.8, 4) is 0 Å². The van der Waals surface area contributed by atoms with Crippen LogP contribution >= 0.6 is 0 Å². The molecule has 0 radical (unpaired) electrons. The average molecular weight is 360 g/mol. The molecule has 0 aliphatic carbocycles. The van der Waals surface area contributed by atoms with Gasteiger partial charge in [0.25, 0.3) is 5.91 Å². The molecule has 0 unspecified atom stereocenters. The van der Waals surface area contributed by atoms with Gasteiger partial charge in [0.1, 0.15) is 0 Å². The van der Waals surface area contributed by atoms with E-state index in [9.17, 15) is 13.2 Å². The average Bonchev–Trinajstić information content (AvgIpc) is 3.16. The van der Waals surface area contributed by atoms with E-state index in [0.29, 0.717) is 24.5 Å². The molecule has 134 valence electrons. The fraction of sp³-hybridized carbons (Fsp3) is 0.421. The van der Waals surface area contributed by atoms with Crippen molar-refractivity contribution >= 4 is 21.6 Å². The Morgan fingerprint density at radius 3 is 2.56 bits per heavy atom. The third-order valence-corrected chi connectivity index (χ3v) is 6.58. The van der Waals surface area contributed by atoms with Crippen LogP contribution in [-0.4, -0.2) is 38.3 Å². The lowest BCUT2D eigenvalue weighted by Gasteiger charge is -2.29. The van der Waals surface area contributed by atoms with Crippen molar-refractivity contribution in [3.63, 3.8) is 0 Å². The molecular formula is C19H24N2O3S. The molecule has 1 fully saturated rings. The predicted molar refractivity (Wildman–Crippen MR) is 99.1 cm³/mol. The molecule has 1 aromatic carbocycles. The van der Waals surface area contributed by atoms with Crippen LogP contribution in [0, 0.1) is 0 Å². The Morgan fingerprint density at radius 1 is 1.08 bits per heavy atom. The Hall–Kier alpha value is -1.92. The van der Waals surface area contributed by atoms with Crippen molar-refractivity contribution in [3.05, 3.63) is 48.1 Å². The Balaban J connectivity index is 1.88. The van der Waals surface area contributed by atoms with Gasteiger partial charge >= 0.3 is 0 Å². The highest BCUT2D eigenvalue weighted by Gasteiger charge is 2.29. The summed E-state index contributed by atoms with van der Waals surface area (Å²) in [4.78, 5) is 14.5. The molecule has 0 spiro atoms. The molecular weight excluding hydrogens is 336 g/mol. The SMILES string of the molecule is C/C=C/C=C/C(=O)N1CCCc2cc(S(=O)(=O)N3CCCC3)ccc21. The minimum atomic E-state index is -3.42. The minimum Gasteiger partial charge on any atom is -0.309 e. The summed E-state index contributed by atoms with van der Waals surface area (Å²) in [5, 5.41) is 0. The van der Waals surface area contributed by atoms with Gasteiger partial charge in [-0.25, -0.2) is 8.42 Å². The number of amides is 1. The van der Waals surface area contributed by atoms with E-state index in [-0.39, 0.29) is 5.91 Å². The van der Waals surface area contributed by atoms with Gasteiger partial charge in [-0.3, -0.25) is 4.79 Å². The van der Waals surface area contributed by atoms with Crippen LogP contribution in [0.25, 0.3) is 0 Å². The summed E-state index contributed by atoms with van der Waals surface area (Å²) in [7, 11) is -3.42. The maximum atomic E-state index is 12.7. The summed E-state index contributed by atoms with van der Waals surface area (Å²) in [6, 6.07) is 5.16. The zero-order valence-corrected chi connectivity index (χ0v) is 15.3. The molecule has 3 rings (SSSR count). The van der Waals surface area contributed by atoms with Crippen LogP contribution in [0.4, 0.5) is 5.69 Å². The molecule has 0 aromatic heterocycles. The summed E-state index contributed by atoms with van der Waals surface area (Å²) in [6.07, 6.45) is 10.4. The number of hydrogen-bond donors (Lipinski definition) is 0. The van der Waals surface area contributed by atoms with Gasteiger partial charge in [0.15, 0.2) is 0 Å². The normalized spacial score (nSPS) is 19.0.